The Hall–Kier alpha value is -4.14. The van der Waals surface area contributed by atoms with Gasteiger partial charge < -0.3 is 24.8 Å². The minimum absolute atomic E-state index is 0.0840. The van der Waals surface area contributed by atoms with E-state index in [0.717, 1.165) is 16.9 Å². The van der Waals surface area contributed by atoms with Crippen molar-refractivity contribution < 1.29 is 19.1 Å². The van der Waals surface area contributed by atoms with Crippen LogP contribution in [-0.2, 0) is 24.3 Å². The van der Waals surface area contributed by atoms with Gasteiger partial charge in [-0.05, 0) is 49.9 Å². The molecule has 1 aliphatic rings. The van der Waals surface area contributed by atoms with Gasteiger partial charge in [0.25, 0.3) is 11.8 Å². The Morgan fingerprint density at radius 3 is 2.39 bits per heavy atom. The van der Waals surface area contributed by atoms with Crippen LogP contribution in [0.15, 0.2) is 54.9 Å². The fourth-order valence-corrected chi connectivity index (χ4v) is 4.70. The number of imidazole rings is 1. The molecule has 0 radical (unpaired) electrons. The number of carbonyl (C=O) groups is 3. The van der Waals surface area contributed by atoms with Crippen molar-refractivity contribution in [2.45, 2.75) is 52.2 Å². The van der Waals surface area contributed by atoms with Crippen LogP contribution in [0, 0.1) is 6.92 Å². The third kappa shape index (κ3) is 5.56. The smallest absolute Gasteiger partial charge is 0.273 e. The molecule has 200 valence electrons. The van der Waals surface area contributed by atoms with Gasteiger partial charge in [0, 0.05) is 19.6 Å². The summed E-state index contributed by atoms with van der Waals surface area (Å²) < 4.78 is 6.81. The van der Waals surface area contributed by atoms with Crippen LogP contribution in [0.2, 0.25) is 0 Å². The van der Waals surface area contributed by atoms with Crippen LogP contribution >= 0.6 is 0 Å². The molecule has 3 aromatic rings. The van der Waals surface area contributed by atoms with Crippen LogP contribution in [-0.4, -0.2) is 57.9 Å². The number of rotatable bonds is 10. The van der Waals surface area contributed by atoms with Gasteiger partial charge in [0.05, 0.1) is 20.0 Å². The molecular formula is C29H35N5O4. The molecule has 9 nitrogen and oxygen atoms in total. The van der Waals surface area contributed by atoms with Gasteiger partial charge in [0.15, 0.2) is 5.69 Å². The van der Waals surface area contributed by atoms with Crippen LogP contribution in [0.4, 0.5) is 0 Å². The lowest BCUT2D eigenvalue weighted by Gasteiger charge is -2.43. The minimum Gasteiger partial charge on any atom is -0.497 e. The maximum atomic E-state index is 13.7. The SMILES string of the molecule is CCCN1C(=O)c2c(C(=O)NCCc3ccc(C)cc3)ncn2CC1(C)C(=O)NCc1ccc(OC)cc1. The molecule has 0 spiro atoms. The lowest BCUT2D eigenvalue weighted by Crippen LogP contribution is -2.64. The first-order valence-electron chi connectivity index (χ1n) is 12.9. The van der Waals surface area contributed by atoms with Crippen molar-refractivity contribution >= 4 is 17.7 Å². The van der Waals surface area contributed by atoms with Crippen LogP contribution in [0.1, 0.15) is 57.9 Å². The third-order valence-electron chi connectivity index (χ3n) is 6.94. The van der Waals surface area contributed by atoms with Gasteiger partial charge in [-0.15, -0.1) is 0 Å². The van der Waals surface area contributed by atoms with E-state index in [1.54, 1.807) is 23.5 Å². The van der Waals surface area contributed by atoms with E-state index in [4.69, 9.17) is 4.74 Å². The molecule has 9 heteroatoms. The zero-order chi connectivity index (χ0) is 27.3. The van der Waals surface area contributed by atoms with E-state index in [9.17, 15) is 14.4 Å². The summed E-state index contributed by atoms with van der Waals surface area (Å²) in [5, 5.41) is 5.86. The molecule has 38 heavy (non-hydrogen) atoms. The largest absolute Gasteiger partial charge is 0.497 e. The highest BCUT2D eigenvalue weighted by molar-refractivity contribution is 6.07. The number of fused-ring (bicyclic) bond motifs is 1. The number of aromatic nitrogens is 2. The molecule has 0 bridgehead atoms. The molecule has 2 heterocycles. The van der Waals surface area contributed by atoms with Gasteiger partial charge in [-0.2, -0.15) is 0 Å². The predicted molar refractivity (Wildman–Crippen MR) is 144 cm³/mol. The number of benzene rings is 2. The minimum atomic E-state index is -1.13. The first-order chi connectivity index (χ1) is 18.3. The quantitative estimate of drug-likeness (QED) is 0.430. The third-order valence-corrected chi connectivity index (χ3v) is 6.94. The van der Waals surface area contributed by atoms with E-state index in [-0.39, 0.29) is 29.7 Å². The summed E-state index contributed by atoms with van der Waals surface area (Å²) in [5.74, 6) is -0.301. The van der Waals surface area contributed by atoms with Crippen LogP contribution in [0.3, 0.4) is 0 Å². The molecule has 1 aliphatic heterocycles. The van der Waals surface area contributed by atoms with E-state index in [1.165, 1.54) is 11.9 Å². The van der Waals surface area contributed by atoms with Gasteiger partial charge in [0.2, 0.25) is 5.91 Å². The monoisotopic (exact) mass is 517 g/mol. The molecule has 3 amide bonds. The molecule has 1 atom stereocenters. The highest BCUT2D eigenvalue weighted by Gasteiger charge is 2.48. The maximum absolute atomic E-state index is 13.7. The summed E-state index contributed by atoms with van der Waals surface area (Å²) in [6, 6.07) is 15.6. The molecule has 0 saturated carbocycles. The van der Waals surface area contributed by atoms with E-state index >= 15 is 0 Å². The molecular weight excluding hydrogens is 482 g/mol. The number of ether oxygens (including phenoxy) is 1. The molecule has 2 aromatic carbocycles. The van der Waals surface area contributed by atoms with Gasteiger partial charge in [-0.1, -0.05) is 48.9 Å². The Bertz CT molecular complexity index is 1300. The van der Waals surface area contributed by atoms with Gasteiger partial charge in [-0.3, -0.25) is 14.4 Å². The fraction of sp³-hybridized carbons (Fsp3) is 0.379. The van der Waals surface area contributed by atoms with Crippen molar-refractivity contribution in [2.75, 3.05) is 20.2 Å². The number of aryl methyl sites for hydroxylation is 1. The Labute approximate surface area is 223 Å². The van der Waals surface area contributed by atoms with E-state index < -0.39 is 11.4 Å². The lowest BCUT2D eigenvalue weighted by atomic mass is 9.93. The highest BCUT2D eigenvalue weighted by Crippen LogP contribution is 2.29. The van der Waals surface area contributed by atoms with Crippen LogP contribution < -0.4 is 15.4 Å². The number of carbonyl (C=O) groups excluding carboxylic acids is 3. The van der Waals surface area contributed by atoms with E-state index in [0.29, 0.717) is 32.5 Å². The van der Waals surface area contributed by atoms with Gasteiger partial charge in [0.1, 0.15) is 17.0 Å². The summed E-state index contributed by atoms with van der Waals surface area (Å²) >= 11 is 0. The topological polar surface area (TPSA) is 106 Å². The summed E-state index contributed by atoms with van der Waals surface area (Å²) in [6.45, 7) is 7.06. The molecule has 0 saturated heterocycles. The molecule has 1 unspecified atom stereocenters. The van der Waals surface area contributed by atoms with Gasteiger partial charge in [-0.25, -0.2) is 4.98 Å². The molecule has 0 aliphatic carbocycles. The summed E-state index contributed by atoms with van der Waals surface area (Å²) in [5.41, 5.74) is 2.38. The lowest BCUT2D eigenvalue weighted by molar-refractivity contribution is -0.133. The number of methoxy groups -OCH3 is 1. The van der Waals surface area contributed by atoms with Crippen molar-refractivity contribution in [2.24, 2.45) is 0 Å². The Kier molecular flexibility index (Phi) is 8.14. The molecule has 0 fully saturated rings. The van der Waals surface area contributed by atoms with Crippen LogP contribution in [0.5, 0.6) is 5.75 Å². The van der Waals surface area contributed by atoms with Crippen LogP contribution in [0.25, 0.3) is 0 Å². The first-order valence-corrected chi connectivity index (χ1v) is 12.9. The Morgan fingerprint density at radius 1 is 1.05 bits per heavy atom. The number of nitrogens with zero attached hydrogens (tertiary/aromatic N) is 3. The summed E-state index contributed by atoms with van der Waals surface area (Å²) in [4.78, 5) is 46.0. The Balaban J connectivity index is 1.47. The normalized spacial score (nSPS) is 16.6. The highest BCUT2D eigenvalue weighted by atomic mass is 16.5. The van der Waals surface area contributed by atoms with Crippen molar-refractivity contribution in [3.63, 3.8) is 0 Å². The van der Waals surface area contributed by atoms with E-state index in [2.05, 4.69) is 15.6 Å². The van der Waals surface area contributed by atoms with Gasteiger partial charge >= 0.3 is 0 Å². The molecule has 1 aromatic heterocycles. The second-order valence-corrected chi connectivity index (χ2v) is 9.82. The Morgan fingerprint density at radius 2 is 1.74 bits per heavy atom. The van der Waals surface area contributed by atoms with Crippen molar-refractivity contribution in [1.82, 2.24) is 25.1 Å². The van der Waals surface area contributed by atoms with Crippen molar-refractivity contribution in [3.8, 4) is 5.75 Å². The fourth-order valence-electron chi connectivity index (χ4n) is 4.70. The average molecular weight is 518 g/mol. The number of hydrogen-bond donors (Lipinski definition) is 2. The molecule has 2 N–H and O–H groups in total. The first kappa shape index (κ1) is 26.9. The van der Waals surface area contributed by atoms with Crippen molar-refractivity contribution in [3.05, 3.63) is 82.9 Å². The number of hydrogen-bond acceptors (Lipinski definition) is 5. The van der Waals surface area contributed by atoms with Crippen molar-refractivity contribution in [1.29, 1.82) is 0 Å². The predicted octanol–water partition coefficient (Wildman–Crippen LogP) is 3.11. The average Bonchev–Trinajstić information content (AvgIpc) is 3.34. The zero-order valence-electron chi connectivity index (χ0n) is 22.4. The summed E-state index contributed by atoms with van der Waals surface area (Å²) in [7, 11) is 1.60. The standard InChI is InChI=1S/C29H35N5O4/c1-5-16-34-27(36)25-24(26(35)30-15-14-21-8-6-20(2)7-9-21)32-19-33(25)18-29(34,3)28(37)31-17-22-10-12-23(38-4)13-11-22/h6-13,19H,5,14-18H2,1-4H3,(H,30,35)(H,31,37). The summed E-state index contributed by atoms with van der Waals surface area (Å²) in [6.07, 6.45) is 2.81. The second-order valence-electron chi connectivity index (χ2n) is 9.82. The van der Waals surface area contributed by atoms with E-state index in [1.807, 2.05) is 62.4 Å². The maximum Gasteiger partial charge on any atom is 0.273 e. The second kappa shape index (κ2) is 11.5. The zero-order valence-corrected chi connectivity index (χ0v) is 22.4. The molecule has 4 rings (SSSR count). The number of nitrogens with one attached hydrogen (secondary N) is 2. The number of amides is 3.